The summed E-state index contributed by atoms with van der Waals surface area (Å²) in [5, 5.41) is 6.32. The fourth-order valence-electron chi connectivity index (χ4n) is 2.69. The van der Waals surface area contributed by atoms with Crippen molar-refractivity contribution in [3.8, 4) is 0 Å². The molecule has 2 aliphatic heterocycles. The number of nitrogens with zero attached hydrogens (tertiary/aromatic N) is 1. The predicted octanol–water partition coefficient (Wildman–Crippen LogP) is 0.287. The van der Waals surface area contributed by atoms with Crippen molar-refractivity contribution in [1.29, 1.82) is 0 Å². The van der Waals surface area contributed by atoms with E-state index in [1.54, 1.807) is 4.90 Å². The van der Waals surface area contributed by atoms with E-state index >= 15 is 0 Å². The van der Waals surface area contributed by atoms with E-state index in [1.165, 1.54) is 6.92 Å². The van der Waals surface area contributed by atoms with Crippen LogP contribution >= 0.6 is 12.4 Å². The molecule has 0 aromatic carbocycles. The summed E-state index contributed by atoms with van der Waals surface area (Å²) in [7, 11) is 0. The fourth-order valence-corrected chi connectivity index (χ4v) is 2.69. The standard InChI is InChI=1S/C12H21N3O2.ClH/c1-9(16)15-7-3-5-11(15)12(17)14-10-4-2-6-13-8-10;/h10-11,13H,2-8H2,1H3,(H,14,17);1H. The summed E-state index contributed by atoms with van der Waals surface area (Å²) in [4.78, 5) is 25.2. The molecule has 0 aromatic heterocycles. The largest absolute Gasteiger partial charge is 0.350 e. The number of halogens is 1. The van der Waals surface area contributed by atoms with Gasteiger partial charge in [0.05, 0.1) is 0 Å². The van der Waals surface area contributed by atoms with Crippen LogP contribution in [-0.2, 0) is 9.59 Å². The average Bonchev–Trinajstić information content (AvgIpc) is 2.79. The van der Waals surface area contributed by atoms with Gasteiger partial charge in [0.15, 0.2) is 0 Å². The maximum absolute atomic E-state index is 12.1. The first kappa shape index (κ1) is 15.2. The van der Waals surface area contributed by atoms with Crippen molar-refractivity contribution in [3.63, 3.8) is 0 Å². The van der Waals surface area contributed by atoms with Crippen LogP contribution in [0.1, 0.15) is 32.6 Å². The molecule has 2 fully saturated rings. The van der Waals surface area contributed by atoms with Crippen LogP contribution < -0.4 is 10.6 Å². The summed E-state index contributed by atoms with van der Waals surface area (Å²) < 4.78 is 0. The molecule has 2 saturated heterocycles. The number of hydrogen-bond acceptors (Lipinski definition) is 3. The third-order valence-corrected chi connectivity index (χ3v) is 3.60. The van der Waals surface area contributed by atoms with Crippen LogP contribution in [0.25, 0.3) is 0 Å². The number of carbonyl (C=O) groups is 2. The first-order chi connectivity index (χ1) is 8.18. The maximum atomic E-state index is 12.1. The molecule has 6 heteroatoms. The van der Waals surface area contributed by atoms with E-state index < -0.39 is 0 Å². The van der Waals surface area contributed by atoms with E-state index in [0.717, 1.165) is 45.3 Å². The molecule has 2 N–H and O–H groups in total. The fraction of sp³-hybridized carbons (Fsp3) is 0.833. The first-order valence-electron chi connectivity index (χ1n) is 6.47. The van der Waals surface area contributed by atoms with Crippen LogP contribution in [0, 0.1) is 0 Å². The molecule has 2 aliphatic rings. The van der Waals surface area contributed by atoms with Crippen LogP contribution in [0.15, 0.2) is 0 Å². The summed E-state index contributed by atoms with van der Waals surface area (Å²) >= 11 is 0. The molecule has 0 aromatic rings. The van der Waals surface area contributed by atoms with E-state index in [2.05, 4.69) is 10.6 Å². The number of carbonyl (C=O) groups excluding carboxylic acids is 2. The summed E-state index contributed by atoms with van der Waals surface area (Å²) in [5.41, 5.74) is 0. The van der Waals surface area contributed by atoms with Gasteiger partial charge in [0.1, 0.15) is 6.04 Å². The van der Waals surface area contributed by atoms with Crippen molar-refractivity contribution in [2.24, 2.45) is 0 Å². The van der Waals surface area contributed by atoms with Gasteiger partial charge in [-0.1, -0.05) is 0 Å². The Balaban J connectivity index is 0.00000162. The molecule has 2 heterocycles. The summed E-state index contributed by atoms with van der Waals surface area (Å²) in [6.45, 7) is 4.14. The van der Waals surface area contributed by atoms with Crippen LogP contribution in [0.3, 0.4) is 0 Å². The topological polar surface area (TPSA) is 61.4 Å². The Morgan fingerprint density at radius 1 is 1.28 bits per heavy atom. The van der Waals surface area contributed by atoms with E-state index in [0.29, 0.717) is 0 Å². The number of likely N-dealkylation sites (tertiary alicyclic amines) is 1. The zero-order valence-corrected chi connectivity index (χ0v) is 11.6. The molecule has 2 unspecified atom stereocenters. The molecule has 2 amide bonds. The smallest absolute Gasteiger partial charge is 0.243 e. The van der Waals surface area contributed by atoms with E-state index in [-0.39, 0.29) is 36.3 Å². The second kappa shape index (κ2) is 6.95. The molecule has 0 radical (unpaired) electrons. The molecule has 104 valence electrons. The van der Waals surface area contributed by atoms with Gasteiger partial charge in [-0.05, 0) is 32.2 Å². The number of nitrogens with one attached hydrogen (secondary N) is 2. The average molecular weight is 276 g/mol. The van der Waals surface area contributed by atoms with Crippen LogP contribution in [-0.4, -0.2) is 48.4 Å². The zero-order valence-electron chi connectivity index (χ0n) is 10.8. The summed E-state index contributed by atoms with van der Waals surface area (Å²) in [6.07, 6.45) is 3.86. The Kier molecular flexibility index (Phi) is 5.88. The maximum Gasteiger partial charge on any atom is 0.243 e. The molecule has 0 spiro atoms. The monoisotopic (exact) mass is 275 g/mol. The quantitative estimate of drug-likeness (QED) is 0.761. The normalized spacial score (nSPS) is 27.5. The second-order valence-electron chi connectivity index (χ2n) is 4.92. The molecule has 2 atom stereocenters. The van der Waals surface area contributed by atoms with E-state index in [9.17, 15) is 9.59 Å². The SMILES string of the molecule is CC(=O)N1CCCC1C(=O)NC1CCCNC1.Cl. The Bertz CT molecular complexity index is 306. The third kappa shape index (κ3) is 3.59. The number of amides is 2. The lowest BCUT2D eigenvalue weighted by atomic mass is 10.1. The minimum atomic E-state index is -0.241. The van der Waals surface area contributed by atoms with Gasteiger partial charge in [-0.25, -0.2) is 0 Å². The number of hydrogen-bond donors (Lipinski definition) is 2. The van der Waals surface area contributed by atoms with E-state index in [1.807, 2.05) is 0 Å². The van der Waals surface area contributed by atoms with Gasteiger partial charge in [-0.3, -0.25) is 9.59 Å². The molecule has 0 bridgehead atoms. The van der Waals surface area contributed by atoms with Crippen LogP contribution in [0.5, 0.6) is 0 Å². The minimum absolute atomic E-state index is 0. The minimum Gasteiger partial charge on any atom is -0.350 e. The van der Waals surface area contributed by atoms with Gasteiger partial charge in [-0.2, -0.15) is 0 Å². The molecule has 0 saturated carbocycles. The Morgan fingerprint density at radius 2 is 2.06 bits per heavy atom. The van der Waals surface area contributed by atoms with Gasteiger partial charge in [0.25, 0.3) is 0 Å². The Labute approximate surface area is 114 Å². The molecule has 18 heavy (non-hydrogen) atoms. The molecule has 5 nitrogen and oxygen atoms in total. The third-order valence-electron chi connectivity index (χ3n) is 3.60. The lowest BCUT2D eigenvalue weighted by Crippen LogP contribution is -2.52. The molecular weight excluding hydrogens is 254 g/mol. The zero-order chi connectivity index (χ0) is 12.3. The van der Waals surface area contributed by atoms with Gasteiger partial charge in [0.2, 0.25) is 11.8 Å². The lowest BCUT2D eigenvalue weighted by molar-refractivity contribution is -0.137. The van der Waals surface area contributed by atoms with Crippen molar-refractivity contribution in [1.82, 2.24) is 15.5 Å². The van der Waals surface area contributed by atoms with Crippen molar-refractivity contribution in [2.45, 2.75) is 44.7 Å². The summed E-state index contributed by atoms with van der Waals surface area (Å²) in [5.74, 6) is 0.0239. The first-order valence-corrected chi connectivity index (χ1v) is 6.47. The Hall–Kier alpha value is -0.810. The predicted molar refractivity (Wildman–Crippen MR) is 71.7 cm³/mol. The van der Waals surface area contributed by atoms with Crippen molar-refractivity contribution >= 4 is 24.2 Å². The van der Waals surface area contributed by atoms with Crippen LogP contribution in [0.2, 0.25) is 0 Å². The highest BCUT2D eigenvalue weighted by Crippen LogP contribution is 2.17. The number of rotatable bonds is 2. The van der Waals surface area contributed by atoms with Gasteiger partial charge in [0, 0.05) is 26.1 Å². The highest BCUT2D eigenvalue weighted by Gasteiger charge is 2.33. The highest BCUT2D eigenvalue weighted by molar-refractivity contribution is 5.87. The van der Waals surface area contributed by atoms with Gasteiger partial charge >= 0.3 is 0 Å². The van der Waals surface area contributed by atoms with Crippen molar-refractivity contribution in [2.75, 3.05) is 19.6 Å². The molecule has 0 aliphatic carbocycles. The van der Waals surface area contributed by atoms with Gasteiger partial charge < -0.3 is 15.5 Å². The lowest BCUT2D eigenvalue weighted by Gasteiger charge is -2.28. The molecule has 2 rings (SSSR count). The Morgan fingerprint density at radius 3 is 2.67 bits per heavy atom. The second-order valence-corrected chi connectivity index (χ2v) is 4.92. The molecular formula is C12H22ClN3O2. The van der Waals surface area contributed by atoms with E-state index in [4.69, 9.17) is 0 Å². The van der Waals surface area contributed by atoms with Gasteiger partial charge in [-0.15, -0.1) is 12.4 Å². The van der Waals surface area contributed by atoms with Crippen molar-refractivity contribution < 1.29 is 9.59 Å². The van der Waals surface area contributed by atoms with Crippen molar-refractivity contribution in [3.05, 3.63) is 0 Å². The van der Waals surface area contributed by atoms with Crippen LogP contribution in [0.4, 0.5) is 0 Å². The number of piperidine rings is 1. The highest BCUT2D eigenvalue weighted by atomic mass is 35.5. The summed E-state index contributed by atoms with van der Waals surface area (Å²) in [6, 6.07) is -0.0138.